The van der Waals surface area contributed by atoms with E-state index < -0.39 is 5.97 Å². The van der Waals surface area contributed by atoms with Crippen molar-refractivity contribution in [3.8, 4) is 0 Å². The predicted molar refractivity (Wildman–Crippen MR) is 58.0 cm³/mol. The number of aromatic carboxylic acids is 1. The van der Waals surface area contributed by atoms with Crippen molar-refractivity contribution in [1.82, 2.24) is 4.90 Å². The predicted octanol–water partition coefficient (Wildman–Crippen LogP) is 1.87. The highest BCUT2D eigenvalue weighted by atomic mass is 35.5. The van der Waals surface area contributed by atoms with Crippen LogP contribution < -0.4 is 0 Å². The maximum atomic E-state index is 10.5. The van der Waals surface area contributed by atoms with Gasteiger partial charge in [0, 0.05) is 6.54 Å². The summed E-state index contributed by atoms with van der Waals surface area (Å²) in [6.07, 6.45) is 0. The van der Waals surface area contributed by atoms with Gasteiger partial charge < -0.3 is 10.0 Å². The molecule has 0 aliphatic rings. The molecular formula is C10H14ClNO2. The van der Waals surface area contributed by atoms with Gasteiger partial charge in [-0.25, -0.2) is 4.79 Å². The van der Waals surface area contributed by atoms with Crippen LogP contribution in [-0.4, -0.2) is 30.1 Å². The van der Waals surface area contributed by atoms with Crippen molar-refractivity contribution in [1.29, 1.82) is 0 Å². The minimum Gasteiger partial charge on any atom is -0.478 e. The standard InChI is InChI=1S/C10H13NO2.ClH/c1-11(2)7-8-3-5-9(6-4-8)10(12)13;/h3-6H,7H2,1-2H3,(H,12,13);1H. The summed E-state index contributed by atoms with van der Waals surface area (Å²) in [7, 11) is 3.95. The fourth-order valence-electron chi connectivity index (χ4n) is 1.12. The second kappa shape index (κ2) is 5.62. The van der Waals surface area contributed by atoms with Gasteiger partial charge in [0.05, 0.1) is 5.56 Å². The molecule has 0 radical (unpaired) electrons. The number of carbonyl (C=O) groups is 1. The van der Waals surface area contributed by atoms with E-state index in [-0.39, 0.29) is 12.4 Å². The second-order valence-electron chi connectivity index (χ2n) is 3.24. The zero-order chi connectivity index (χ0) is 9.84. The molecule has 0 aliphatic carbocycles. The molecule has 0 heterocycles. The van der Waals surface area contributed by atoms with E-state index in [0.717, 1.165) is 12.1 Å². The molecule has 14 heavy (non-hydrogen) atoms. The molecule has 0 bridgehead atoms. The minimum atomic E-state index is -0.878. The third kappa shape index (κ3) is 3.77. The largest absolute Gasteiger partial charge is 0.478 e. The Morgan fingerprint density at radius 2 is 1.79 bits per heavy atom. The van der Waals surface area contributed by atoms with Crippen LogP contribution in [-0.2, 0) is 6.54 Å². The third-order valence-electron chi connectivity index (χ3n) is 1.70. The van der Waals surface area contributed by atoms with Gasteiger partial charge in [0.1, 0.15) is 0 Å². The van der Waals surface area contributed by atoms with Gasteiger partial charge in [0.25, 0.3) is 0 Å². The van der Waals surface area contributed by atoms with Crippen molar-refractivity contribution in [2.24, 2.45) is 0 Å². The zero-order valence-electron chi connectivity index (χ0n) is 8.23. The number of benzene rings is 1. The van der Waals surface area contributed by atoms with Crippen molar-refractivity contribution in [3.63, 3.8) is 0 Å². The average Bonchev–Trinajstić information content (AvgIpc) is 2.04. The first kappa shape index (κ1) is 12.9. The molecule has 1 N–H and O–H groups in total. The molecule has 0 atom stereocenters. The fraction of sp³-hybridized carbons (Fsp3) is 0.300. The molecule has 0 aromatic heterocycles. The molecule has 0 unspecified atom stereocenters. The van der Waals surface area contributed by atoms with E-state index >= 15 is 0 Å². The van der Waals surface area contributed by atoms with E-state index in [1.807, 2.05) is 31.1 Å². The summed E-state index contributed by atoms with van der Waals surface area (Å²) in [4.78, 5) is 12.6. The van der Waals surface area contributed by atoms with E-state index in [2.05, 4.69) is 0 Å². The van der Waals surface area contributed by atoms with Crippen LogP contribution in [0.25, 0.3) is 0 Å². The van der Waals surface area contributed by atoms with Gasteiger partial charge in [-0.05, 0) is 31.8 Å². The molecule has 0 fully saturated rings. The number of carboxylic acids is 1. The lowest BCUT2D eigenvalue weighted by molar-refractivity contribution is 0.0697. The van der Waals surface area contributed by atoms with E-state index in [4.69, 9.17) is 5.11 Å². The lowest BCUT2D eigenvalue weighted by atomic mass is 10.1. The van der Waals surface area contributed by atoms with Gasteiger partial charge in [-0.1, -0.05) is 12.1 Å². The number of carboxylic acid groups (broad SMARTS) is 1. The lowest BCUT2D eigenvalue weighted by Gasteiger charge is -2.09. The zero-order valence-corrected chi connectivity index (χ0v) is 9.04. The highest BCUT2D eigenvalue weighted by Crippen LogP contribution is 2.05. The van der Waals surface area contributed by atoms with Crippen molar-refractivity contribution in [2.75, 3.05) is 14.1 Å². The number of nitrogens with zero attached hydrogens (tertiary/aromatic N) is 1. The van der Waals surface area contributed by atoms with E-state index in [9.17, 15) is 4.79 Å². The first-order chi connectivity index (χ1) is 6.09. The highest BCUT2D eigenvalue weighted by molar-refractivity contribution is 5.87. The topological polar surface area (TPSA) is 40.5 Å². The van der Waals surface area contributed by atoms with Crippen LogP contribution in [0.2, 0.25) is 0 Å². The van der Waals surface area contributed by atoms with Gasteiger partial charge in [-0.15, -0.1) is 12.4 Å². The van der Waals surface area contributed by atoms with Crippen molar-refractivity contribution in [2.45, 2.75) is 6.54 Å². The van der Waals surface area contributed by atoms with Crippen molar-refractivity contribution >= 4 is 18.4 Å². The van der Waals surface area contributed by atoms with Crippen LogP contribution in [0.4, 0.5) is 0 Å². The molecule has 1 aromatic rings. The third-order valence-corrected chi connectivity index (χ3v) is 1.70. The molecule has 0 amide bonds. The van der Waals surface area contributed by atoms with Gasteiger partial charge >= 0.3 is 5.97 Å². The first-order valence-electron chi connectivity index (χ1n) is 4.06. The summed E-state index contributed by atoms with van der Waals surface area (Å²) in [5.41, 5.74) is 1.46. The number of hydrogen-bond donors (Lipinski definition) is 1. The van der Waals surface area contributed by atoms with Gasteiger partial charge in [-0.2, -0.15) is 0 Å². The van der Waals surface area contributed by atoms with Gasteiger partial charge in [0.15, 0.2) is 0 Å². The Bertz CT molecular complexity index is 295. The SMILES string of the molecule is CN(C)Cc1ccc(C(=O)O)cc1.Cl. The van der Waals surface area contributed by atoms with Gasteiger partial charge in [-0.3, -0.25) is 0 Å². The summed E-state index contributed by atoms with van der Waals surface area (Å²) >= 11 is 0. The molecule has 1 aromatic carbocycles. The van der Waals surface area contributed by atoms with E-state index in [1.54, 1.807) is 12.1 Å². The van der Waals surface area contributed by atoms with E-state index in [0.29, 0.717) is 5.56 Å². The Morgan fingerprint density at radius 3 is 2.14 bits per heavy atom. The second-order valence-corrected chi connectivity index (χ2v) is 3.24. The van der Waals surface area contributed by atoms with Crippen LogP contribution in [0.3, 0.4) is 0 Å². The average molecular weight is 216 g/mol. The molecule has 1 rings (SSSR count). The lowest BCUT2D eigenvalue weighted by Crippen LogP contribution is -2.10. The van der Waals surface area contributed by atoms with Crippen LogP contribution >= 0.6 is 12.4 Å². The molecule has 78 valence electrons. The van der Waals surface area contributed by atoms with E-state index in [1.165, 1.54) is 0 Å². The van der Waals surface area contributed by atoms with Crippen LogP contribution in [0.5, 0.6) is 0 Å². The summed E-state index contributed by atoms with van der Waals surface area (Å²) in [5, 5.41) is 8.65. The fourth-order valence-corrected chi connectivity index (χ4v) is 1.12. The minimum absolute atomic E-state index is 0. The van der Waals surface area contributed by atoms with Crippen LogP contribution in [0.15, 0.2) is 24.3 Å². The smallest absolute Gasteiger partial charge is 0.335 e. The van der Waals surface area contributed by atoms with Crippen LogP contribution in [0, 0.1) is 0 Å². The Labute approximate surface area is 89.8 Å². The Kier molecular flexibility index (Phi) is 5.20. The number of rotatable bonds is 3. The number of halogens is 1. The Hall–Kier alpha value is -1.06. The Balaban J connectivity index is 0.00000169. The van der Waals surface area contributed by atoms with Gasteiger partial charge in [0.2, 0.25) is 0 Å². The molecule has 0 saturated heterocycles. The maximum absolute atomic E-state index is 10.5. The Morgan fingerprint density at radius 1 is 1.29 bits per heavy atom. The maximum Gasteiger partial charge on any atom is 0.335 e. The highest BCUT2D eigenvalue weighted by Gasteiger charge is 2.01. The molecule has 4 heteroatoms. The molecule has 0 saturated carbocycles. The molecule has 0 aliphatic heterocycles. The quantitative estimate of drug-likeness (QED) is 0.837. The molecule has 0 spiro atoms. The summed E-state index contributed by atoms with van der Waals surface area (Å²) in [6.45, 7) is 0.833. The summed E-state index contributed by atoms with van der Waals surface area (Å²) < 4.78 is 0. The van der Waals surface area contributed by atoms with Crippen LogP contribution in [0.1, 0.15) is 15.9 Å². The normalized spacial score (nSPS) is 9.64. The molecular weight excluding hydrogens is 202 g/mol. The number of hydrogen-bond acceptors (Lipinski definition) is 2. The monoisotopic (exact) mass is 215 g/mol. The summed E-state index contributed by atoms with van der Waals surface area (Å²) in [5.74, 6) is -0.878. The molecule has 3 nitrogen and oxygen atoms in total. The summed E-state index contributed by atoms with van der Waals surface area (Å²) in [6, 6.07) is 6.93. The van der Waals surface area contributed by atoms with Crippen molar-refractivity contribution < 1.29 is 9.90 Å². The first-order valence-corrected chi connectivity index (χ1v) is 4.06. The van der Waals surface area contributed by atoms with Crippen molar-refractivity contribution in [3.05, 3.63) is 35.4 Å².